The molecule has 0 aliphatic carbocycles. The fourth-order valence-electron chi connectivity index (χ4n) is 1.98. The zero-order valence-electron chi connectivity index (χ0n) is 13.1. The first-order valence-electron chi connectivity index (χ1n) is 7.04. The van der Waals surface area contributed by atoms with Crippen molar-refractivity contribution in [3.63, 3.8) is 0 Å². The molecule has 0 aliphatic heterocycles. The molecule has 0 saturated heterocycles. The lowest BCUT2D eigenvalue weighted by atomic mass is 10.2. The molecule has 9 heteroatoms. The Labute approximate surface area is 161 Å². The number of amides is 1. The first-order chi connectivity index (χ1) is 12.2. The van der Waals surface area contributed by atoms with Gasteiger partial charge in [0.25, 0.3) is 10.1 Å². The van der Waals surface area contributed by atoms with E-state index in [9.17, 15) is 17.6 Å². The summed E-state index contributed by atoms with van der Waals surface area (Å²) in [6, 6.07) is 11.4. The van der Waals surface area contributed by atoms with Gasteiger partial charge in [0.1, 0.15) is 5.82 Å². The molecule has 3 N–H and O–H groups in total. The lowest BCUT2D eigenvalue weighted by molar-refractivity contribution is 0.0999. The third-order valence-corrected chi connectivity index (χ3v) is 5.24. The summed E-state index contributed by atoms with van der Waals surface area (Å²) in [6.07, 6.45) is 1.40. The molecule has 0 fully saturated rings. The lowest BCUT2D eigenvalue weighted by Gasteiger charge is -1.97. The van der Waals surface area contributed by atoms with Gasteiger partial charge in [-0.25, -0.2) is 4.39 Å². The Balaban J connectivity index is 0.000000197. The number of halogens is 2. The molecule has 1 amide bonds. The number of nitrogens with two attached hydrogens (primary N) is 1. The lowest BCUT2D eigenvalue weighted by Crippen LogP contribution is -2.11. The molecule has 0 saturated carbocycles. The smallest absolute Gasteiger partial charge is 0.287 e. The highest BCUT2D eigenvalue weighted by Crippen LogP contribution is 2.26. The highest BCUT2D eigenvalue weighted by Gasteiger charge is 2.05. The van der Waals surface area contributed by atoms with Crippen LogP contribution in [0.3, 0.4) is 0 Å². The molecule has 3 aromatic rings. The van der Waals surface area contributed by atoms with E-state index >= 15 is 0 Å². The van der Waals surface area contributed by atoms with E-state index in [0.717, 1.165) is 21.1 Å². The molecule has 1 heterocycles. The average molecular weight is 458 g/mol. The Kier molecular flexibility index (Phi) is 6.65. The molecule has 0 aliphatic rings. The maximum Gasteiger partial charge on any atom is 0.287 e. The fourth-order valence-corrected chi connectivity index (χ4v) is 3.77. The van der Waals surface area contributed by atoms with Crippen LogP contribution in [0.1, 0.15) is 15.9 Å². The van der Waals surface area contributed by atoms with Crippen molar-refractivity contribution in [3.05, 3.63) is 74.7 Å². The zero-order valence-corrected chi connectivity index (χ0v) is 16.3. The highest BCUT2D eigenvalue weighted by atomic mass is 79.9. The number of carbonyl (C=O) groups is 1. The van der Waals surface area contributed by atoms with Crippen LogP contribution in [0.4, 0.5) is 4.39 Å². The van der Waals surface area contributed by atoms with Crippen molar-refractivity contribution in [1.29, 1.82) is 0 Å². The molecule has 26 heavy (non-hydrogen) atoms. The fraction of sp³-hybridized carbons (Fsp3) is 0. The van der Waals surface area contributed by atoms with Gasteiger partial charge in [0.05, 0.1) is 11.0 Å². The topological polar surface area (TPSA) is 97.5 Å². The summed E-state index contributed by atoms with van der Waals surface area (Å²) in [7, 11) is -4.04. The van der Waals surface area contributed by atoms with Gasteiger partial charge < -0.3 is 5.73 Å². The van der Waals surface area contributed by atoms with E-state index in [-0.39, 0.29) is 5.56 Å². The predicted octanol–water partition coefficient (Wildman–Crippen LogP) is 4.45. The van der Waals surface area contributed by atoms with E-state index in [1.165, 1.54) is 35.6 Å². The molecule has 5 nitrogen and oxygen atoms in total. The maximum absolute atomic E-state index is 12.4. The maximum atomic E-state index is 12.4. The van der Waals surface area contributed by atoms with Crippen LogP contribution in [0.2, 0.25) is 0 Å². The van der Waals surface area contributed by atoms with Crippen molar-refractivity contribution >= 4 is 59.5 Å². The van der Waals surface area contributed by atoms with Crippen LogP contribution in [0.15, 0.2) is 57.7 Å². The van der Waals surface area contributed by atoms with E-state index < -0.39 is 21.8 Å². The van der Waals surface area contributed by atoms with Gasteiger partial charge in [0.2, 0.25) is 5.91 Å². The summed E-state index contributed by atoms with van der Waals surface area (Å²) in [5.41, 5.74) is 6.06. The Hall–Kier alpha value is -2.07. The Morgan fingerprint density at radius 1 is 1.23 bits per heavy atom. The van der Waals surface area contributed by atoms with Crippen LogP contribution >= 0.6 is 27.3 Å². The quantitative estimate of drug-likeness (QED) is 0.567. The third-order valence-electron chi connectivity index (χ3n) is 3.13. The number of thiophene rings is 1. The van der Waals surface area contributed by atoms with Crippen LogP contribution in [-0.2, 0) is 10.1 Å². The number of benzene rings is 2. The Bertz CT molecular complexity index is 1080. The first kappa shape index (κ1) is 20.2. The van der Waals surface area contributed by atoms with Crippen LogP contribution in [0, 0.1) is 5.82 Å². The average Bonchev–Trinajstić information content (AvgIpc) is 2.96. The summed E-state index contributed by atoms with van der Waals surface area (Å²) in [5.74, 6) is -0.973. The van der Waals surface area contributed by atoms with Gasteiger partial charge in [-0.3, -0.25) is 9.35 Å². The SMILES string of the molecule is NC(=O)c1ccc(F)cc1Br.O=S(=O)(O)/C=C/c1csc2ccccc12. The van der Waals surface area contributed by atoms with Crippen molar-refractivity contribution in [2.45, 2.75) is 0 Å². The highest BCUT2D eigenvalue weighted by molar-refractivity contribution is 9.10. The van der Waals surface area contributed by atoms with E-state index in [4.69, 9.17) is 10.3 Å². The van der Waals surface area contributed by atoms with Gasteiger partial charge in [0.15, 0.2) is 0 Å². The first-order valence-corrected chi connectivity index (χ1v) is 10.2. The van der Waals surface area contributed by atoms with Crippen LogP contribution < -0.4 is 5.73 Å². The second kappa shape index (κ2) is 8.54. The summed E-state index contributed by atoms with van der Waals surface area (Å²) in [6.45, 7) is 0. The van der Waals surface area contributed by atoms with Gasteiger partial charge in [-0.05, 0) is 62.6 Å². The van der Waals surface area contributed by atoms with Gasteiger partial charge >= 0.3 is 0 Å². The molecule has 0 bridgehead atoms. The number of fused-ring (bicyclic) bond motifs is 1. The van der Waals surface area contributed by atoms with Crippen molar-refractivity contribution in [2.75, 3.05) is 0 Å². The summed E-state index contributed by atoms with van der Waals surface area (Å²) >= 11 is 4.54. The van der Waals surface area contributed by atoms with Gasteiger partial charge in [0, 0.05) is 9.17 Å². The molecular formula is C17H13BrFNO4S2. The van der Waals surface area contributed by atoms with E-state index in [1.54, 1.807) is 0 Å². The number of hydrogen-bond donors (Lipinski definition) is 2. The molecule has 0 spiro atoms. The molecule has 1 aromatic heterocycles. The van der Waals surface area contributed by atoms with Gasteiger partial charge in [-0.2, -0.15) is 8.42 Å². The molecule has 0 atom stereocenters. The number of hydrogen-bond acceptors (Lipinski definition) is 4. The van der Waals surface area contributed by atoms with Gasteiger partial charge in [-0.1, -0.05) is 18.2 Å². The molecule has 2 aromatic carbocycles. The van der Waals surface area contributed by atoms with Crippen molar-refractivity contribution < 1.29 is 22.2 Å². The van der Waals surface area contributed by atoms with Crippen LogP contribution in [0.5, 0.6) is 0 Å². The van der Waals surface area contributed by atoms with Crippen molar-refractivity contribution in [3.8, 4) is 0 Å². The molecule has 0 unspecified atom stereocenters. The monoisotopic (exact) mass is 457 g/mol. The van der Waals surface area contributed by atoms with Crippen LogP contribution in [0.25, 0.3) is 16.2 Å². The summed E-state index contributed by atoms with van der Waals surface area (Å²) in [5, 5.41) is 3.64. The molecule has 0 radical (unpaired) electrons. The molecular weight excluding hydrogens is 445 g/mol. The predicted molar refractivity (Wildman–Crippen MR) is 105 cm³/mol. The second-order valence-electron chi connectivity index (χ2n) is 4.99. The van der Waals surface area contributed by atoms with E-state index in [2.05, 4.69) is 15.9 Å². The number of carbonyl (C=O) groups excluding carboxylic acids is 1. The standard InChI is InChI=1S/C10H8O3S2.C7H5BrFNO/c11-15(12,13)6-5-8-7-14-10-4-2-1-3-9(8)10;8-6-3-4(9)1-2-5(6)7(10)11/h1-7H,(H,11,12,13);1-3H,(H2,10,11)/b6-5+;. The van der Waals surface area contributed by atoms with E-state index in [0.29, 0.717) is 4.47 Å². The Morgan fingerprint density at radius 3 is 2.54 bits per heavy atom. The van der Waals surface area contributed by atoms with Crippen molar-refractivity contribution in [2.24, 2.45) is 5.73 Å². The molecule has 136 valence electrons. The Morgan fingerprint density at radius 2 is 1.92 bits per heavy atom. The number of rotatable bonds is 3. The summed E-state index contributed by atoms with van der Waals surface area (Å²) in [4.78, 5) is 10.6. The minimum Gasteiger partial charge on any atom is -0.366 e. The van der Waals surface area contributed by atoms with Gasteiger partial charge in [-0.15, -0.1) is 11.3 Å². The van der Waals surface area contributed by atoms with Crippen molar-refractivity contribution in [1.82, 2.24) is 0 Å². The minimum atomic E-state index is -4.04. The van der Waals surface area contributed by atoms with E-state index in [1.807, 2.05) is 29.6 Å². The normalized spacial score (nSPS) is 11.3. The summed E-state index contributed by atoms with van der Waals surface area (Å²) < 4.78 is 43.5. The largest absolute Gasteiger partial charge is 0.366 e. The minimum absolute atomic E-state index is 0.284. The number of primary amides is 1. The van der Waals surface area contributed by atoms with Crippen LogP contribution in [-0.4, -0.2) is 18.9 Å². The molecule has 3 rings (SSSR count). The third kappa shape index (κ3) is 5.73. The second-order valence-corrected chi connectivity index (χ2v) is 8.06. The zero-order chi connectivity index (χ0) is 19.3.